The van der Waals surface area contributed by atoms with Gasteiger partial charge >= 0.3 is 6.18 Å². The van der Waals surface area contributed by atoms with Crippen LogP contribution in [0.25, 0.3) is 6.08 Å². The maximum Gasteiger partial charge on any atom is 0.416 e. The van der Waals surface area contributed by atoms with Gasteiger partial charge in [-0.3, -0.25) is 14.5 Å². The molecular weight excluding hydrogens is 465 g/mol. The number of nitrogens with two attached hydrogens (primary N) is 1. The van der Waals surface area contributed by atoms with Crippen molar-refractivity contribution < 1.29 is 32.2 Å². The highest BCUT2D eigenvalue weighted by Gasteiger charge is 2.36. The Labute approximate surface area is 191 Å². The van der Waals surface area contributed by atoms with Gasteiger partial charge in [-0.1, -0.05) is 36.1 Å². The second kappa shape index (κ2) is 9.61. The molecule has 32 heavy (non-hydrogen) atoms. The minimum Gasteiger partial charge on any atom is -0.490 e. The maximum absolute atomic E-state index is 13.0. The van der Waals surface area contributed by atoms with Gasteiger partial charge in [0.1, 0.15) is 0 Å². The van der Waals surface area contributed by atoms with Crippen molar-refractivity contribution in [3.8, 4) is 11.5 Å². The van der Waals surface area contributed by atoms with Gasteiger partial charge in [-0.25, -0.2) is 0 Å². The van der Waals surface area contributed by atoms with Crippen molar-refractivity contribution in [1.82, 2.24) is 0 Å². The monoisotopic (exact) mass is 482 g/mol. The van der Waals surface area contributed by atoms with E-state index >= 15 is 0 Å². The molecular formula is C21H17F3N2O4S2. The number of amides is 2. The summed E-state index contributed by atoms with van der Waals surface area (Å²) >= 11 is 6.21. The molecule has 0 atom stereocenters. The van der Waals surface area contributed by atoms with Crippen LogP contribution in [0.1, 0.15) is 18.1 Å². The average molecular weight is 483 g/mol. The first-order chi connectivity index (χ1) is 15.1. The van der Waals surface area contributed by atoms with Crippen molar-refractivity contribution in [2.24, 2.45) is 5.73 Å². The van der Waals surface area contributed by atoms with Gasteiger partial charge < -0.3 is 15.2 Å². The topological polar surface area (TPSA) is 81.9 Å². The molecule has 1 saturated heterocycles. The zero-order valence-corrected chi connectivity index (χ0v) is 18.3. The minimum atomic E-state index is -4.54. The van der Waals surface area contributed by atoms with Gasteiger partial charge in [0.05, 0.1) is 22.8 Å². The van der Waals surface area contributed by atoms with Crippen molar-refractivity contribution in [2.75, 3.05) is 18.1 Å². The molecule has 2 amide bonds. The molecule has 6 nitrogen and oxygen atoms in total. The van der Waals surface area contributed by atoms with E-state index in [1.807, 2.05) is 0 Å². The van der Waals surface area contributed by atoms with Crippen LogP contribution in [-0.2, 0) is 15.8 Å². The summed E-state index contributed by atoms with van der Waals surface area (Å²) in [4.78, 5) is 25.2. The molecule has 1 aliphatic heterocycles. The van der Waals surface area contributed by atoms with Gasteiger partial charge in [-0.2, -0.15) is 13.2 Å². The van der Waals surface area contributed by atoms with E-state index in [9.17, 15) is 22.8 Å². The van der Waals surface area contributed by atoms with E-state index in [0.717, 1.165) is 28.8 Å². The number of primary amides is 1. The number of carbonyl (C=O) groups excluding carboxylic acids is 2. The molecule has 2 aromatic rings. The number of anilines is 1. The lowest BCUT2D eigenvalue weighted by atomic mass is 10.1. The first-order valence-electron chi connectivity index (χ1n) is 9.23. The van der Waals surface area contributed by atoms with Gasteiger partial charge in [0.15, 0.2) is 22.4 Å². The summed E-state index contributed by atoms with van der Waals surface area (Å²) in [6, 6.07) is 9.22. The summed E-state index contributed by atoms with van der Waals surface area (Å²) in [5, 5.41) is 0. The van der Waals surface area contributed by atoms with Crippen LogP contribution in [0.5, 0.6) is 11.5 Å². The third-order valence-corrected chi connectivity index (χ3v) is 5.46. The SMILES string of the molecule is CCOc1cc(/C=C2/SC(=S)N(c3cccc(C(F)(F)F)c3)C2=O)ccc1OCC(N)=O. The van der Waals surface area contributed by atoms with E-state index in [1.54, 1.807) is 31.2 Å². The van der Waals surface area contributed by atoms with E-state index in [2.05, 4.69) is 0 Å². The number of thiocarbonyl (C=S) groups is 1. The van der Waals surface area contributed by atoms with Crippen molar-refractivity contribution in [3.05, 3.63) is 58.5 Å². The summed E-state index contributed by atoms with van der Waals surface area (Å²) in [5.41, 5.74) is 4.83. The molecule has 1 aliphatic rings. The fourth-order valence-electron chi connectivity index (χ4n) is 2.81. The molecule has 11 heteroatoms. The minimum absolute atomic E-state index is 0.0379. The molecule has 3 rings (SSSR count). The van der Waals surface area contributed by atoms with Crippen LogP contribution < -0.4 is 20.1 Å². The van der Waals surface area contributed by atoms with Gasteiger partial charge in [-0.05, 0) is 48.9 Å². The molecule has 168 valence electrons. The highest BCUT2D eigenvalue weighted by atomic mass is 32.2. The van der Waals surface area contributed by atoms with Crippen LogP contribution in [0.4, 0.5) is 18.9 Å². The molecule has 0 radical (unpaired) electrons. The van der Waals surface area contributed by atoms with Crippen LogP contribution in [0.15, 0.2) is 47.4 Å². The molecule has 0 aliphatic carbocycles. The number of alkyl halides is 3. The molecule has 1 fully saturated rings. The lowest BCUT2D eigenvalue weighted by Gasteiger charge is -2.16. The second-order valence-corrected chi connectivity index (χ2v) is 8.14. The number of halogens is 3. The second-order valence-electron chi connectivity index (χ2n) is 6.46. The number of benzene rings is 2. The smallest absolute Gasteiger partial charge is 0.416 e. The van der Waals surface area contributed by atoms with Crippen LogP contribution in [0.3, 0.4) is 0 Å². The Bertz CT molecular complexity index is 1100. The Morgan fingerprint density at radius 1 is 1.19 bits per heavy atom. The molecule has 2 aromatic carbocycles. The van der Waals surface area contributed by atoms with Gasteiger partial charge in [-0.15, -0.1) is 0 Å². The van der Waals surface area contributed by atoms with E-state index in [0.29, 0.717) is 23.7 Å². The Kier molecular flexibility index (Phi) is 7.09. The van der Waals surface area contributed by atoms with Gasteiger partial charge in [0, 0.05) is 0 Å². The van der Waals surface area contributed by atoms with Crippen LogP contribution in [0.2, 0.25) is 0 Å². The quantitative estimate of drug-likeness (QED) is 0.466. The Morgan fingerprint density at radius 3 is 2.59 bits per heavy atom. The van der Waals surface area contributed by atoms with E-state index in [4.69, 9.17) is 27.4 Å². The summed E-state index contributed by atoms with van der Waals surface area (Å²) in [6.07, 6.45) is -2.99. The standard InChI is InChI=1S/C21H17F3N2O4S2/c1-2-29-16-8-12(6-7-15(16)30-11-18(25)27)9-17-19(28)26(20(31)32-17)14-5-3-4-13(10-14)21(22,23)24/h3-10H,2,11H2,1H3,(H2,25,27)/b17-9+. The Balaban J connectivity index is 1.89. The highest BCUT2D eigenvalue weighted by Crippen LogP contribution is 2.39. The fourth-order valence-corrected chi connectivity index (χ4v) is 4.11. The predicted octanol–water partition coefficient (Wildman–Crippen LogP) is 4.37. The third kappa shape index (κ3) is 5.40. The van der Waals surface area contributed by atoms with Crippen molar-refractivity contribution in [1.29, 1.82) is 0 Å². The van der Waals surface area contributed by atoms with Gasteiger partial charge in [0.25, 0.3) is 11.8 Å². The average Bonchev–Trinajstić information content (AvgIpc) is 3.00. The first kappa shape index (κ1) is 23.6. The molecule has 2 N–H and O–H groups in total. The molecule has 0 spiro atoms. The molecule has 0 unspecified atom stereocenters. The molecule has 1 heterocycles. The number of hydrogen-bond acceptors (Lipinski definition) is 6. The molecule has 0 saturated carbocycles. The molecule has 0 aromatic heterocycles. The summed E-state index contributed by atoms with van der Waals surface area (Å²) in [5.74, 6) is -0.531. The Morgan fingerprint density at radius 2 is 1.94 bits per heavy atom. The van der Waals surface area contributed by atoms with Crippen LogP contribution in [0, 0.1) is 0 Å². The number of ether oxygens (including phenoxy) is 2. The maximum atomic E-state index is 13.0. The van der Waals surface area contributed by atoms with Crippen LogP contribution >= 0.6 is 24.0 Å². The number of hydrogen-bond donors (Lipinski definition) is 1. The number of nitrogens with zero attached hydrogens (tertiary/aromatic N) is 1. The Hall–Kier alpha value is -3.05. The first-order valence-corrected chi connectivity index (χ1v) is 10.5. The van der Waals surface area contributed by atoms with Crippen LogP contribution in [-0.4, -0.2) is 29.3 Å². The normalized spacial score (nSPS) is 15.4. The van der Waals surface area contributed by atoms with Crippen molar-refractivity contribution >= 4 is 51.9 Å². The fraction of sp³-hybridized carbons (Fsp3) is 0.190. The number of thioether (sulfide) groups is 1. The van der Waals surface area contributed by atoms with E-state index < -0.39 is 23.6 Å². The predicted molar refractivity (Wildman–Crippen MR) is 119 cm³/mol. The van der Waals surface area contributed by atoms with Crippen molar-refractivity contribution in [3.63, 3.8) is 0 Å². The highest BCUT2D eigenvalue weighted by molar-refractivity contribution is 8.27. The zero-order valence-electron chi connectivity index (χ0n) is 16.6. The summed E-state index contributed by atoms with van der Waals surface area (Å²) < 4.78 is 50.1. The largest absolute Gasteiger partial charge is 0.490 e. The van der Waals surface area contributed by atoms with E-state index in [-0.39, 0.29) is 21.5 Å². The molecule has 0 bridgehead atoms. The summed E-state index contributed by atoms with van der Waals surface area (Å²) in [7, 11) is 0. The lowest BCUT2D eigenvalue weighted by Crippen LogP contribution is -2.27. The third-order valence-electron chi connectivity index (χ3n) is 4.16. The van der Waals surface area contributed by atoms with E-state index in [1.165, 1.54) is 12.1 Å². The zero-order chi connectivity index (χ0) is 23.5. The van der Waals surface area contributed by atoms with Gasteiger partial charge in [0.2, 0.25) is 0 Å². The van der Waals surface area contributed by atoms with Crippen molar-refractivity contribution in [2.45, 2.75) is 13.1 Å². The lowest BCUT2D eigenvalue weighted by molar-refractivity contribution is -0.137. The number of carbonyl (C=O) groups is 2. The number of rotatable bonds is 7. The summed E-state index contributed by atoms with van der Waals surface area (Å²) in [6.45, 7) is 1.77.